The molecule has 0 atom stereocenters. The van der Waals surface area contributed by atoms with Gasteiger partial charge < -0.3 is 19.1 Å². The van der Waals surface area contributed by atoms with E-state index in [9.17, 15) is 0 Å². The van der Waals surface area contributed by atoms with Gasteiger partial charge in [0.2, 0.25) is 0 Å². The zero-order valence-electron chi connectivity index (χ0n) is 61.9. The molecular weight excluding hydrogens is 1410 g/mol. The van der Waals surface area contributed by atoms with Crippen LogP contribution in [0, 0.1) is 0 Å². The van der Waals surface area contributed by atoms with Gasteiger partial charge in [0.1, 0.15) is 22.3 Å². The zero-order valence-corrected chi connectivity index (χ0v) is 63.5. The first kappa shape index (κ1) is 67.1. The minimum Gasteiger partial charge on any atom is -0.456 e. The average molecular weight is 1490 g/mol. The molecule has 20 aromatic rings. The lowest BCUT2D eigenvalue weighted by molar-refractivity contribution is 0.660. The minimum atomic E-state index is -0.198. The highest BCUT2D eigenvalue weighted by Gasteiger charge is 2.38. The Morgan fingerprint density at radius 3 is 1.14 bits per heavy atom. The van der Waals surface area contributed by atoms with E-state index >= 15 is 0 Å². The molecule has 0 saturated carbocycles. The summed E-state index contributed by atoms with van der Waals surface area (Å²) < 4.78 is 13.3. The van der Waals surface area contributed by atoms with Crippen LogP contribution in [0.3, 0.4) is 0 Å². The van der Waals surface area contributed by atoms with Crippen LogP contribution in [0.4, 0.5) is 28.4 Å². The molecule has 528 valence electrons. The normalized spacial score (nSPS) is 12.9. The fraction of sp³-hybridized carbons (Fsp3) is 0.0566. The van der Waals surface area contributed by atoms with Gasteiger partial charge >= 0.3 is 0 Å². The van der Waals surface area contributed by atoms with Gasteiger partial charge in [0.05, 0.1) is 0 Å². The summed E-state index contributed by atoms with van der Waals surface area (Å²) in [5.41, 5.74) is 29.7. The summed E-state index contributed by atoms with van der Waals surface area (Å²) >= 11 is 3.64. The molecule has 1 N–H and O–H groups in total. The highest BCUT2D eigenvalue weighted by Crippen LogP contribution is 2.54. The highest BCUT2D eigenvalue weighted by atomic mass is 79.9. The molecule has 0 saturated heterocycles. The molecule has 0 unspecified atom stereocenters. The van der Waals surface area contributed by atoms with Crippen LogP contribution in [-0.2, 0) is 10.8 Å². The zero-order chi connectivity index (χ0) is 74.5. The van der Waals surface area contributed by atoms with Gasteiger partial charge in [0.25, 0.3) is 0 Å². The molecule has 0 aliphatic heterocycles. The van der Waals surface area contributed by atoms with Crippen molar-refractivity contribution in [2.24, 2.45) is 0 Å². The second kappa shape index (κ2) is 27.1. The van der Waals surface area contributed by atoms with Crippen molar-refractivity contribution in [1.29, 1.82) is 0 Å². The van der Waals surface area contributed by atoms with Crippen molar-refractivity contribution >= 4 is 131 Å². The molecule has 0 spiro atoms. The lowest BCUT2D eigenvalue weighted by Crippen LogP contribution is -2.16. The Morgan fingerprint density at radius 1 is 0.234 bits per heavy atom. The summed E-state index contributed by atoms with van der Waals surface area (Å²) in [5.74, 6) is 0. The molecule has 5 heteroatoms. The van der Waals surface area contributed by atoms with E-state index in [1.807, 2.05) is 24.3 Å². The quantitative estimate of drug-likeness (QED) is 0.156. The van der Waals surface area contributed by atoms with Crippen LogP contribution < -0.4 is 10.2 Å². The summed E-state index contributed by atoms with van der Waals surface area (Å²) in [6, 6.07) is 135. The number of rotatable bonds is 9. The molecule has 111 heavy (non-hydrogen) atoms. The van der Waals surface area contributed by atoms with Gasteiger partial charge in [0.15, 0.2) is 0 Å². The third-order valence-corrected chi connectivity index (χ3v) is 23.7. The van der Waals surface area contributed by atoms with E-state index in [0.29, 0.717) is 0 Å². The number of hydrogen-bond acceptors (Lipinski definition) is 4. The molecule has 0 radical (unpaired) electrons. The number of hydrogen-bond donors (Lipinski definition) is 1. The summed E-state index contributed by atoms with van der Waals surface area (Å²) in [7, 11) is 0. The Kier molecular flexibility index (Phi) is 16.4. The van der Waals surface area contributed by atoms with E-state index in [0.717, 1.165) is 66.0 Å². The Morgan fingerprint density at radius 2 is 0.595 bits per heavy atom. The van der Waals surface area contributed by atoms with E-state index in [2.05, 4.69) is 406 Å². The van der Waals surface area contributed by atoms with Crippen LogP contribution in [0.1, 0.15) is 49.9 Å². The summed E-state index contributed by atoms with van der Waals surface area (Å²) in [5, 5.41) is 18.2. The van der Waals surface area contributed by atoms with Crippen LogP contribution in [0.25, 0.3) is 154 Å². The number of benzene rings is 18. The molecular formula is C106H75BrN2O2. The molecule has 22 rings (SSSR count). The summed E-state index contributed by atoms with van der Waals surface area (Å²) in [6.07, 6.45) is 0. The third kappa shape index (κ3) is 12.0. The molecule has 4 nitrogen and oxygen atoms in total. The number of fused-ring (bicyclic) bond motifs is 16. The molecule has 2 aromatic heterocycles. The first-order valence-corrected chi connectivity index (χ1v) is 39.0. The second-order valence-corrected chi connectivity index (χ2v) is 31.5. The van der Waals surface area contributed by atoms with Gasteiger partial charge in [-0.2, -0.15) is 0 Å². The molecule has 2 aliphatic rings. The van der Waals surface area contributed by atoms with Crippen molar-refractivity contribution in [3.8, 4) is 66.8 Å². The largest absolute Gasteiger partial charge is 0.456 e. The standard InChI is InChI=1S/C53H37NO.C27H19BrO.C26H19N/c1-53(2)49-32-39(38-22-29-52-48(31-38)47-15-7-8-17-51(47)55-52)21-27-45(49)46-28-26-42(33-50(46)53)54(41-25-18-34-10-3-4-12-37(34)30-41)40-23-19-36(20-24-40)44-16-9-13-35-11-5-6-14-43(35)44;1-27(2)23-14-17(7-10-19(23)20-11-9-18(28)15-24(20)27)16-8-12-26-22(13-16)21-5-3-4-6-25(21)29-26;1-2-8-22-18-24(17-12-19(22)6-1)27-23-15-13-21(14-16-23)26-11-5-9-20-7-3-4-10-25(20)26/h3-33H,1-2H3;3-15H,1-2H3;1-18,27H. The van der Waals surface area contributed by atoms with Crippen LogP contribution in [0.2, 0.25) is 0 Å². The van der Waals surface area contributed by atoms with Crippen molar-refractivity contribution in [2.75, 3.05) is 10.2 Å². The first-order valence-electron chi connectivity index (χ1n) is 38.2. The number of nitrogens with one attached hydrogen (secondary N) is 1. The van der Waals surface area contributed by atoms with Gasteiger partial charge in [-0.1, -0.05) is 298 Å². The Balaban J connectivity index is 0.000000120. The van der Waals surface area contributed by atoms with Gasteiger partial charge in [-0.15, -0.1) is 0 Å². The number of nitrogens with zero attached hydrogens (tertiary/aromatic N) is 1. The number of anilines is 5. The number of furan rings is 2. The Labute approximate surface area is 653 Å². The van der Waals surface area contributed by atoms with Crippen LogP contribution in [0.15, 0.2) is 389 Å². The van der Waals surface area contributed by atoms with Gasteiger partial charge in [-0.3, -0.25) is 0 Å². The molecule has 0 fully saturated rings. The van der Waals surface area contributed by atoms with Crippen molar-refractivity contribution in [3.05, 3.63) is 403 Å². The smallest absolute Gasteiger partial charge is 0.135 e. The maximum atomic E-state index is 6.15. The topological polar surface area (TPSA) is 41.6 Å². The van der Waals surface area contributed by atoms with Gasteiger partial charge in [-0.05, 0) is 253 Å². The first-order chi connectivity index (χ1) is 54.4. The van der Waals surface area contributed by atoms with Crippen LogP contribution in [-0.4, -0.2) is 0 Å². The third-order valence-electron chi connectivity index (χ3n) is 23.2. The molecule has 18 aromatic carbocycles. The molecule has 0 bridgehead atoms. The van der Waals surface area contributed by atoms with E-state index in [1.165, 1.54) is 143 Å². The van der Waals surface area contributed by atoms with Crippen molar-refractivity contribution < 1.29 is 8.83 Å². The lowest BCUT2D eigenvalue weighted by Gasteiger charge is -2.28. The predicted octanol–water partition coefficient (Wildman–Crippen LogP) is 30.7. The summed E-state index contributed by atoms with van der Waals surface area (Å²) in [6.45, 7) is 9.38. The minimum absolute atomic E-state index is 0.0170. The van der Waals surface area contributed by atoms with E-state index in [-0.39, 0.29) is 10.8 Å². The highest BCUT2D eigenvalue weighted by molar-refractivity contribution is 9.10. The fourth-order valence-corrected chi connectivity index (χ4v) is 17.8. The number of halogens is 1. The SMILES string of the molecule is CC1(C)c2cc(-c3ccc4oc5ccccc5c4c3)ccc2-c2ccc(N(c3ccc(-c4cccc5ccccc45)cc3)c3ccc4ccccc4c3)cc21.CC1(C)c2cc(Br)ccc2-c2ccc(-c3ccc4oc5ccccc5c4c3)cc21.c1ccc2cc(Nc3ccc(-c4cccc5ccccc45)cc3)ccc2c1. The van der Waals surface area contributed by atoms with E-state index in [1.54, 1.807) is 0 Å². The molecule has 0 amide bonds. The summed E-state index contributed by atoms with van der Waals surface area (Å²) in [4.78, 5) is 2.41. The van der Waals surface area contributed by atoms with Crippen molar-refractivity contribution in [1.82, 2.24) is 0 Å². The second-order valence-electron chi connectivity index (χ2n) is 30.5. The number of para-hydroxylation sites is 2. The van der Waals surface area contributed by atoms with Crippen LogP contribution >= 0.6 is 15.9 Å². The maximum absolute atomic E-state index is 6.15. The van der Waals surface area contributed by atoms with Gasteiger partial charge in [-0.25, -0.2) is 0 Å². The monoisotopic (exact) mass is 1490 g/mol. The van der Waals surface area contributed by atoms with E-state index in [4.69, 9.17) is 8.83 Å². The van der Waals surface area contributed by atoms with Gasteiger partial charge in [0, 0.05) is 65.3 Å². The maximum Gasteiger partial charge on any atom is 0.135 e. The van der Waals surface area contributed by atoms with Crippen molar-refractivity contribution in [3.63, 3.8) is 0 Å². The van der Waals surface area contributed by atoms with Crippen molar-refractivity contribution in [2.45, 2.75) is 38.5 Å². The van der Waals surface area contributed by atoms with E-state index < -0.39 is 0 Å². The Hall–Kier alpha value is -13.3. The molecule has 2 aliphatic carbocycles. The average Bonchev–Trinajstić information content (AvgIpc) is 1.58. The fourth-order valence-electron chi connectivity index (χ4n) is 17.4. The lowest BCUT2D eigenvalue weighted by atomic mass is 9.81. The predicted molar refractivity (Wildman–Crippen MR) is 473 cm³/mol. The Bertz CT molecular complexity index is 7070. The molecule has 2 heterocycles. The van der Waals surface area contributed by atoms with Crippen LogP contribution in [0.5, 0.6) is 0 Å².